The molecule has 1 aromatic heterocycles. The van der Waals surface area contributed by atoms with Crippen molar-refractivity contribution in [3.63, 3.8) is 0 Å². The van der Waals surface area contributed by atoms with E-state index in [0.717, 1.165) is 33.0 Å². The first-order valence-electron chi connectivity index (χ1n) is 6.27. The average molecular weight is 329 g/mol. The molecule has 1 N–H and O–H groups in total. The molecule has 2 rings (SSSR count). The summed E-state index contributed by atoms with van der Waals surface area (Å²) in [7, 11) is 1.70. The largest absolute Gasteiger partial charge is 0.383 e. The second-order valence-corrected chi connectivity index (χ2v) is 6.85. The van der Waals surface area contributed by atoms with Crippen molar-refractivity contribution in [2.24, 2.45) is 0 Å². The molecule has 0 aliphatic rings. The van der Waals surface area contributed by atoms with Gasteiger partial charge in [0.05, 0.1) is 11.6 Å². The molecule has 1 aromatic carbocycles. The minimum atomic E-state index is 0.713. The Morgan fingerprint density at radius 3 is 2.95 bits per heavy atom. The van der Waals surface area contributed by atoms with E-state index in [9.17, 15) is 0 Å². The Morgan fingerprint density at radius 1 is 1.45 bits per heavy atom. The summed E-state index contributed by atoms with van der Waals surface area (Å²) in [5, 5.41) is 6.12. The number of hydrogen-bond donors (Lipinski definition) is 1. The van der Waals surface area contributed by atoms with Crippen LogP contribution in [-0.2, 0) is 11.3 Å². The van der Waals surface area contributed by atoms with Gasteiger partial charge in [0.15, 0.2) is 4.34 Å². The van der Waals surface area contributed by atoms with Crippen LogP contribution in [0.4, 0.5) is 0 Å². The molecule has 0 bridgehead atoms. The van der Waals surface area contributed by atoms with Gasteiger partial charge >= 0.3 is 0 Å². The lowest BCUT2D eigenvalue weighted by atomic mass is 10.2. The summed E-state index contributed by atoms with van der Waals surface area (Å²) in [4.78, 5) is 5.48. The predicted molar refractivity (Wildman–Crippen MR) is 86.0 cm³/mol. The number of aromatic nitrogens is 1. The van der Waals surface area contributed by atoms with Crippen LogP contribution in [0.1, 0.15) is 11.3 Å². The van der Waals surface area contributed by atoms with Gasteiger partial charge in [0.1, 0.15) is 0 Å². The van der Waals surface area contributed by atoms with E-state index in [1.807, 2.05) is 18.4 Å². The molecule has 0 saturated heterocycles. The number of nitrogens with zero attached hydrogens (tertiary/aromatic N) is 1. The van der Waals surface area contributed by atoms with Gasteiger partial charge < -0.3 is 10.1 Å². The molecule has 2 aromatic rings. The van der Waals surface area contributed by atoms with Gasteiger partial charge in [-0.25, -0.2) is 4.98 Å². The Balaban J connectivity index is 1.95. The highest BCUT2D eigenvalue weighted by Gasteiger charge is 2.07. The van der Waals surface area contributed by atoms with Gasteiger partial charge in [-0.1, -0.05) is 29.4 Å². The van der Waals surface area contributed by atoms with Crippen LogP contribution in [0.3, 0.4) is 0 Å². The molecule has 0 aliphatic carbocycles. The molecule has 0 saturated carbocycles. The topological polar surface area (TPSA) is 34.1 Å². The molecule has 0 unspecified atom stereocenters. The molecule has 108 valence electrons. The summed E-state index contributed by atoms with van der Waals surface area (Å²) in [5.74, 6) is 0. The van der Waals surface area contributed by atoms with Gasteiger partial charge in [-0.2, -0.15) is 0 Å². The smallest absolute Gasteiger partial charge is 0.154 e. The predicted octanol–water partition coefficient (Wildman–Crippen LogP) is 3.99. The zero-order valence-electron chi connectivity index (χ0n) is 11.5. The molecule has 0 atom stereocenters. The zero-order valence-corrected chi connectivity index (χ0v) is 13.9. The van der Waals surface area contributed by atoms with Crippen LogP contribution in [0, 0.1) is 6.92 Å². The van der Waals surface area contributed by atoms with Crippen molar-refractivity contribution in [1.82, 2.24) is 10.3 Å². The van der Waals surface area contributed by atoms with Crippen LogP contribution < -0.4 is 5.32 Å². The monoisotopic (exact) mass is 328 g/mol. The highest BCUT2D eigenvalue weighted by molar-refractivity contribution is 8.01. The van der Waals surface area contributed by atoms with Crippen LogP contribution in [-0.4, -0.2) is 25.2 Å². The van der Waals surface area contributed by atoms with E-state index in [1.165, 1.54) is 5.56 Å². The lowest BCUT2D eigenvalue weighted by Crippen LogP contribution is -2.18. The van der Waals surface area contributed by atoms with E-state index >= 15 is 0 Å². The summed E-state index contributed by atoms with van der Waals surface area (Å²) in [6.07, 6.45) is 0. The number of thiazole rings is 1. The highest BCUT2D eigenvalue weighted by Crippen LogP contribution is 2.35. The number of methoxy groups -OCH3 is 1. The Bertz CT molecular complexity index is 560. The first-order chi connectivity index (χ1) is 9.69. The molecular formula is C14H17ClN2OS2. The lowest BCUT2D eigenvalue weighted by Gasteiger charge is -2.07. The van der Waals surface area contributed by atoms with Crippen molar-refractivity contribution < 1.29 is 4.74 Å². The van der Waals surface area contributed by atoms with Crippen molar-refractivity contribution in [1.29, 1.82) is 0 Å². The quantitative estimate of drug-likeness (QED) is 0.779. The number of ether oxygens (including phenoxy) is 1. The second-order valence-electron chi connectivity index (χ2n) is 4.29. The van der Waals surface area contributed by atoms with E-state index in [4.69, 9.17) is 16.3 Å². The number of benzene rings is 1. The average Bonchev–Trinajstić information content (AvgIpc) is 2.83. The van der Waals surface area contributed by atoms with Gasteiger partial charge in [-0.05, 0) is 24.6 Å². The van der Waals surface area contributed by atoms with Gasteiger partial charge in [0.25, 0.3) is 0 Å². The van der Waals surface area contributed by atoms with Crippen molar-refractivity contribution in [3.05, 3.63) is 39.9 Å². The van der Waals surface area contributed by atoms with Gasteiger partial charge in [-0.15, -0.1) is 11.3 Å². The van der Waals surface area contributed by atoms with Crippen LogP contribution in [0.5, 0.6) is 0 Å². The minimum absolute atomic E-state index is 0.713. The molecule has 6 heteroatoms. The minimum Gasteiger partial charge on any atom is -0.383 e. The molecule has 1 heterocycles. The van der Waals surface area contributed by atoms with Gasteiger partial charge in [0, 0.05) is 36.2 Å². The summed E-state index contributed by atoms with van der Waals surface area (Å²) in [6.45, 7) is 4.34. The standard InChI is InChI=1S/C14H17ClN2OS2/c1-10-9-19-14(17-10)20-13-4-3-11(7-12(13)15)8-16-5-6-18-2/h3-4,7,9,16H,5-6,8H2,1-2H3. The van der Waals surface area contributed by atoms with E-state index < -0.39 is 0 Å². The maximum Gasteiger partial charge on any atom is 0.154 e. The number of hydrogen-bond acceptors (Lipinski definition) is 5. The van der Waals surface area contributed by atoms with Crippen LogP contribution in [0.15, 0.2) is 32.8 Å². The third-order valence-corrected chi connectivity index (χ3v) is 5.16. The Labute approximate surface area is 132 Å². The molecular weight excluding hydrogens is 312 g/mol. The fourth-order valence-corrected chi connectivity index (χ4v) is 3.73. The van der Waals surface area contributed by atoms with Gasteiger partial charge in [0.2, 0.25) is 0 Å². The lowest BCUT2D eigenvalue weighted by molar-refractivity contribution is 0.199. The zero-order chi connectivity index (χ0) is 14.4. The van der Waals surface area contributed by atoms with E-state index in [-0.39, 0.29) is 0 Å². The van der Waals surface area contributed by atoms with Gasteiger partial charge in [-0.3, -0.25) is 0 Å². The normalized spacial score (nSPS) is 10.9. The number of nitrogens with one attached hydrogen (secondary N) is 1. The molecule has 0 fully saturated rings. The highest BCUT2D eigenvalue weighted by atomic mass is 35.5. The maximum atomic E-state index is 6.33. The Morgan fingerprint density at radius 2 is 2.30 bits per heavy atom. The summed E-state index contributed by atoms with van der Waals surface area (Å²) in [6, 6.07) is 6.15. The van der Waals surface area contributed by atoms with Crippen molar-refractivity contribution >= 4 is 34.7 Å². The molecule has 0 aliphatic heterocycles. The van der Waals surface area contributed by atoms with Crippen molar-refractivity contribution in [3.8, 4) is 0 Å². The second kappa shape index (κ2) is 8.00. The van der Waals surface area contributed by atoms with E-state index in [2.05, 4.69) is 22.4 Å². The Kier molecular flexibility index (Phi) is 6.32. The first kappa shape index (κ1) is 15.8. The fraction of sp³-hybridized carbons (Fsp3) is 0.357. The fourth-order valence-electron chi connectivity index (χ4n) is 1.62. The molecule has 0 radical (unpaired) electrons. The number of halogens is 1. The van der Waals surface area contributed by atoms with Crippen LogP contribution >= 0.6 is 34.7 Å². The molecule has 0 spiro atoms. The molecule has 0 amide bonds. The van der Waals surface area contributed by atoms with Crippen LogP contribution in [0.2, 0.25) is 5.02 Å². The van der Waals surface area contributed by atoms with Crippen molar-refractivity contribution in [2.45, 2.75) is 22.7 Å². The summed E-state index contributed by atoms with van der Waals surface area (Å²) in [5.41, 5.74) is 2.22. The van der Waals surface area contributed by atoms with E-state index in [1.54, 1.807) is 30.2 Å². The summed E-state index contributed by atoms with van der Waals surface area (Å²) >= 11 is 9.58. The van der Waals surface area contributed by atoms with E-state index in [0.29, 0.717) is 6.61 Å². The van der Waals surface area contributed by atoms with Crippen LogP contribution in [0.25, 0.3) is 0 Å². The SMILES string of the molecule is COCCNCc1ccc(Sc2nc(C)cs2)c(Cl)c1. The summed E-state index contributed by atoms with van der Waals surface area (Å²) < 4.78 is 6.02. The molecule has 20 heavy (non-hydrogen) atoms. The van der Waals surface area contributed by atoms with Crippen molar-refractivity contribution in [2.75, 3.05) is 20.3 Å². The number of aryl methyl sites for hydroxylation is 1. The first-order valence-corrected chi connectivity index (χ1v) is 8.34. The Hall–Kier alpha value is -0.590. The number of rotatable bonds is 7. The maximum absolute atomic E-state index is 6.33. The molecule has 3 nitrogen and oxygen atoms in total. The third-order valence-electron chi connectivity index (χ3n) is 2.60. The third kappa shape index (κ3) is 4.75.